The van der Waals surface area contributed by atoms with E-state index in [-0.39, 0.29) is 5.91 Å². The zero-order valence-corrected chi connectivity index (χ0v) is 14.9. The Kier molecular flexibility index (Phi) is 4.57. The van der Waals surface area contributed by atoms with Crippen molar-refractivity contribution in [3.05, 3.63) is 90.7 Å². The van der Waals surface area contributed by atoms with E-state index in [9.17, 15) is 4.79 Å². The molecule has 0 spiro atoms. The fourth-order valence-electron chi connectivity index (χ4n) is 2.84. The van der Waals surface area contributed by atoms with Crippen molar-refractivity contribution in [3.8, 4) is 5.69 Å². The molecule has 0 unspecified atom stereocenters. The van der Waals surface area contributed by atoms with E-state index in [1.807, 2.05) is 53.4 Å². The quantitative estimate of drug-likeness (QED) is 0.529. The van der Waals surface area contributed by atoms with Gasteiger partial charge in [0.25, 0.3) is 5.91 Å². The normalized spacial score (nSPS) is 10.9. The molecular weight excluding hydrogens is 342 g/mol. The van der Waals surface area contributed by atoms with Crippen LogP contribution in [0.1, 0.15) is 21.9 Å². The smallest absolute Gasteiger partial charge is 0.289 e. The van der Waals surface area contributed by atoms with Gasteiger partial charge in [-0.05, 0) is 24.3 Å². The van der Waals surface area contributed by atoms with Gasteiger partial charge in [-0.3, -0.25) is 4.79 Å². The van der Waals surface area contributed by atoms with Crippen molar-refractivity contribution in [1.82, 2.24) is 24.2 Å². The third-order valence-electron chi connectivity index (χ3n) is 4.19. The number of nitrogens with zero attached hydrogens (tertiary/aromatic N) is 5. The number of aromatic nitrogens is 4. The first-order valence-electron chi connectivity index (χ1n) is 8.58. The molecule has 0 atom stereocenters. The third-order valence-corrected chi connectivity index (χ3v) is 4.19. The summed E-state index contributed by atoms with van der Waals surface area (Å²) in [6.07, 6.45) is 8.95. The van der Waals surface area contributed by atoms with Crippen molar-refractivity contribution in [3.63, 3.8) is 0 Å². The molecule has 0 saturated heterocycles. The average Bonchev–Trinajstić information content (AvgIpc) is 3.44. The van der Waals surface area contributed by atoms with Gasteiger partial charge in [0.05, 0.1) is 24.8 Å². The fourth-order valence-corrected chi connectivity index (χ4v) is 2.84. The van der Waals surface area contributed by atoms with E-state index in [0.717, 1.165) is 11.3 Å². The third kappa shape index (κ3) is 3.82. The zero-order valence-electron chi connectivity index (χ0n) is 14.9. The highest BCUT2D eigenvalue weighted by molar-refractivity contribution is 5.91. The van der Waals surface area contributed by atoms with E-state index >= 15 is 0 Å². The molecule has 0 aliphatic heterocycles. The van der Waals surface area contributed by atoms with Gasteiger partial charge >= 0.3 is 0 Å². The lowest BCUT2D eigenvalue weighted by Gasteiger charge is -2.14. The second kappa shape index (κ2) is 7.33. The van der Waals surface area contributed by atoms with Crippen molar-refractivity contribution in [2.24, 2.45) is 0 Å². The number of carbonyl (C=O) groups excluding carboxylic acids is 1. The van der Waals surface area contributed by atoms with E-state index in [0.29, 0.717) is 24.6 Å². The van der Waals surface area contributed by atoms with Gasteiger partial charge in [-0.1, -0.05) is 18.2 Å². The molecule has 7 nitrogen and oxygen atoms in total. The maximum absolute atomic E-state index is 12.6. The van der Waals surface area contributed by atoms with Gasteiger partial charge in [0, 0.05) is 37.7 Å². The summed E-state index contributed by atoms with van der Waals surface area (Å²) in [7, 11) is 1.75. The van der Waals surface area contributed by atoms with Crippen LogP contribution < -0.4 is 0 Å². The molecule has 4 rings (SSSR count). The van der Waals surface area contributed by atoms with Crippen LogP contribution in [0.4, 0.5) is 0 Å². The Morgan fingerprint density at radius 3 is 2.81 bits per heavy atom. The van der Waals surface area contributed by atoms with Gasteiger partial charge in [0.1, 0.15) is 5.76 Å². The molecule has 0 saturated carbocycles. The molecule has 4 aromatic rings. The second-order valence-corrected chi connectivity index (χ2v) is 6.29. The Balaban J connectivity index is 1.41. The van der Waals surface area contributed by atoms with E-state index in [1.165, 1.54) is 0 Å². The molecular formula is C20H19N5O2. The van der Waals surface area contributed by atoms with Crippen LogP contribution in [-0.2, 0) is 13.1 Å². The van der Waals surface area contributed by atoms with E-state index in [1.54, 1.807) is 41.4 Å². The van der Waals surface area contributed by atoms with E-state index in [2.05, 4.69) is 10.1 Å². The number of imidazole rings is 1. The van der Waals surface area contributed by atoms with Crippen LogP contribution in [-0.4, -0.2) is 37.2 Å². The molecule has 0 fully saturated rings. The second-order valence-electron chi connectivity index (χ2n) is 6.29. The Labute approximate surface area is 156 Å². The summed E-state index contributed by atoms with van der Waals surface area (Å²) < 4.78 is 9.37. The number of carbonyl (C=O) groups is 1. The summed E-state index contributed by atoms with van der Waals surface area (Å²) in [6, 6.07) is 13.4. The summed E-state index contributed by atoms with van der Waals surface area (Å²) in [5.74, 6) is 0.865. The maximum atomic E-state index is 12.6. The van der Waals surface area contributed by atoms with Crippen molar-refractivity contribution >= 4 is 5.91 Å². The first-order chi connectivity index (χ1) is 13.2. The predicted octanol–water partition coefficient (Wildman–Crippen LogP) is 2.98. The minimum atomic E-state index is -0.167. The SMILES string of the molecule is CN(Cc1cnn(-c2ccccc2)c1)C(=O)c1ccc(Cn2ccnc2)o1. The van der Waals surface area contributed by atoms with Crippen molar-refractivity contribution < 1.29 is 9.21 Å². The molecule has 3 heterocycles. The van der Waals surface area contributed by atoms with E-state index < -0.39 is 0 Å². The van der Waals surface area contributed by atoms with Crippen LogP contribution in [0.3, 0.4) is 0 Å². The highest BCUT2D eigenvalue weighted by Gasteiger charge is 2.17. The molecule has 0 radical (unpaired) electrons. The lowest BCUT2D eigenvalue weighted by Crippen LogP contribution is -2.25. The fraction of sp³-hybridized carbons (Fsp3) is 0.150. The Bertz CT molecular complexity index is 1020. The molecule has 0 bridgehead atoms. The van der Waals surface area contributed by atoms with Crippen molar-refractivity contribution in [1.29, 1.82) is 0 Å². The van der Waals surface area contributed by atoms with Gasteiger partial charge in [-0.2, -0.15) is 5.10 Å². The molecule has 27 heavy (non-hydrogen) atoms. The molecule has 3 aromatic heterocycles. The molecule has 1 amide bonds. The summed E-state index contributed by atoms with van der Waals surface area (Å²) in [5, 5.41) is 4.36. The number of benzene rings is 1. The summed E-state index contributed by atoms with van der Waals surface area (Å²) in [5.41, 5.74) is 1.92. The minimum Gasteiger partial charge on any atom is -0.454 e. The van der Waals surface area contributed by atoms with Crippen LogP contribution in [0.5, 0.6) is 0 Å². The molecule has 7 heteroatoms. The number of rotatable bonds is 6. The van der Waals surface area contributed by atoms with Gasteiger partial charge in [-0.25, -0.2) is 9.67 Å². The van der Waals surface area contributed by atoms with Gasteiger partial charge in [0.2, 0.25) is 0 Å². The topological polar surface area (TPSA) is 69.1 Å². The van der Waals surface area contributed by atoms with Crippen LogP contribution >= 0.6 is 0 Å². The first kappa shape index (κ1) is 16.8. The number of para-hydroxylation sites is 1. The number of hydrogen-bond donors (Lipinski definition) is 0. The Hall–Kier alpha value is -3.61. The highest BCUT2D eigenvalue weighted by atomic mass is 16.4. The first-order valence-corrected chi connectivity index (χ1v) is 8.58. The van der Waals surface area contributed by atoms with Crippen LogP contribution in [0, 0.1) is 0 Å². The Morgan fingerprint density at radius 2 is 2.04 bits per heavy atom. The number of amides is 1. The van der Waals surface area contributed by atoms with E-state index in [4.69, 9.17) is 4.42 Å². The molecule has 136 valence electrons. The minimum absolute atomic E-state index is 0.167. The molecule has 0 aliphatic carbocycles. The monoisotopic (exact) mass is 361 g/mol. The van der Waals surface area contributed by atoms with Crippen LogP contribution in [0.2, 0.25) is 0 Å². The lowest BCUT2D eigenvalue weighted by molar-refractivity contribution is 0.0751. The van der Waals surface area contributed by atoms with Crippen molar-refractivity contribution in [2.75, 3.05) is 7.05 Å². The predicted molar refractivity (Wildman–Crippen MR) is 99.4 cm³/mol. The maximum Gasteiger partial charge on any atom is 0.289 e. The molecule has 0 aliphatic rings. The molecule has 0 N–H and O–H groups in total. The number of furan rings is 1. The Morgan fingerprint density at radius 1 is 1.19 bits per heavy atom. The average molecular weight is 361 g/mol. The number of hydrogen-bond acceptors (Lipinski definition) is 4. The summed E-state index contributed by atoms with van der Waals surface area (Å²) >= 11 is 0. The summed E-state index contributed by atoms with van der Waals surface area (Å²) in [4.78, 5) is 18.2. The van der Waals surface area contributed by atoms with Gasteiger partial charge in [-0.15, -0.1) is 0 Å². The lowest BCUT2D eigenvalue weighted by atomic mass is 10.3. The van der Waals surface area contributed by atoms with Gasteiger partial charge < -0.3 is 13.9 Å². The zero-order chi connectivity index (χ0) is 18.6. The largest absolute Gasteiger partial charge is 0.454 e. The molecule has 1 aromatic carbocycles. The van der Waals surface area contributed by atoms with Gasteiger partial charge in [0.15, 0.2) is 5.76 Å². The summed E-state index contributed by atoms with van der Waals surface area (Å²) in [6.45, 7) is 0.990. The van der Waals surface area contributed by atoms with Crippen LogP contribution in [0.15, 0.2) is 78.0 Å². The highest BCUT2D eigenvalue weighted by Crippen LogP contribution is 2.14. The van der Waals surface area contributed by atoms with Crippen molar-refractivity contribution in [2.45, 2.75) is 13.1 Å². The standard InChI is InChI=1S/C20H19N5O2/c1-23(12-16-11-22-25(13-16)17-5-3-2-4-6-17)20(26)19-8-7-18(27-19)14-24-10-9-21-15-24/h2-11,13,15H,12,14H2,1H3. The van der Waals surface area contributed by atoms with Crippen LogP contribution in [0.25, 0.3) is 5.69 Å².